The molecular formula is C14H13NO4S. The third kappa shape index (κ3) is 3.03. The van der Waals surface area contributed by atoms with E-state index in [2.05, 4.69) is 4.98 Å². The molecule has 0 aliphatic heterocycles. The molecule has 20 heavy (non-hydrogen) atoms. The number of carboxylic acids is 1. The lowest BCUT2D eigenvalue weighted by Gasteiger charge is -2.07. The van der Waals surface area contributed by atoms with Crippen molar-refractivity contribution in [3.8, 4) is 0 Å². The summed E-state index contributed by atoms with van der Waals surface area (Å²) in [6.07, 6.45) is 1.16. The van der Waals surface area contributed by atoms with Crippen LogP contribution in [0.1, 0.15) is 21.6 Å². The van der Waals surface area contributed by atoms with Crippen LogP contribution in [0, 0.1) is 6.92 Å². The summed E-state index contributed by atoms with van der Waals surface area (Å²) in [5.41, 5.74) is 1.02. The quantitative estimate of drug-likeness (QED) is 0.932. The van der Waals surface area contributed by atoms with Gasteiger partial charge in [-0.25, -0.2) is 13.2 Å². The zero-order chi connectivity index (χ0) is 14.8. The second-order valence-corrected chi connectivity index (χ2v) is 6.33. The lowest BCUT2D eigenvalue weighted by atomic mass is 10.2. The molecule has 0 saturated heterocycles. The summed E-state index contributed by atoms with van der Waals surface area (Å²) < 4.78 is 24.6. The van der Waals surface area contributed by atoms with Gasteiger partial charge >= 0.3 is 5.97 Å². The molecule has 0 bridgehead atoms. The van der Waals surface area contributed by atoms with Crippen LogP contribution in [-0.2, 0) is 15.6 Å². The Morgan fingerprint density at radius 3 is 2.45 bits per heavy atom. The minimum atomic E-state index is -3.49. The third-order valence-electron chi connectivity index (χ3n) is 2.84. The van der Waals surface area contributed by atoms with E-state index in [0.29, 0.717) is 11.3 Å². The minimum Gasteiger partial charge on any atom is -0.478 e. The minimum absolute atomic E-state index is 0.0297. The van der Waals surface area contributed by atoms with E-state index in [-0.39, 0.29) is 16.2 Å². The fraction of sp³-hybridized carbons (Fsp3) is 0.143. The van der Waals surface area contributed by atoms with Gasteiger partial charge in [-0.3, -0.25) is 4.98 Å². The lowest BCUT2D eigenvalue weighted by Crippen LogP contribution is -2.08. The molecule has 1 aromatic heterocycles. The lowest BCUT2D eigenvalue weighted by molar-refractivity contribution is 0.0696. The number of hydrogen-bond donors (Lipinski definition) is 1. The van der Waals surface area contributed by atoms with Crippen molar-refractivity contribution in [3.63, 3.8) is 0 Å². The Balaban J connectivity index is 2.29. The van der Waals surface area contributed by atoms with Crippen LogP contribution in [0.3, 0.4) is 0 Å². The maximum Gasteiger partial charge on any atom is 0.337 e. The molecule has 6 heteroatoms. The summed E-state index contributed by atoms with van der Waals surface area (Å²) in [6, 6.07) is 9.48. The van der Waals surface area contributed by atoms with Gasteiger partial charge in [0.15, 0.2) is 9.84 Å². The Morgan fingerprint density at radius 1 is 1.20 bits per heavy atom. The topological polar surface area (TPSA) is 84.3 Å². The predicted octanol–water partition coefficient (Wildman–Crippen LogP) is 2.06. The van der Waals surface area contributed by atoms with Crippen molar-refractivity contribution >= 4 is 15.8 Å². The maximum absolute atomic E-state index is 12.3. The summed E-state index contributed by atoms with van der Waals surface area (Å²) >= 11 is 0. The highest BCUT2D eigenvalue weighted by atomic mass is 32.2. The number of pyridine rings is 1. The predicted molar refractivity (Wildman–Crippen MR) is 73.3 cm³/mol. The average Bonchev–Trinajstić information content (AvgIpc) is 2.39. The molecule has 1 N–H and O–H groups in total. The van der Waals surface area contributed by atoms with Crippen LogP contribution < -0.4 is 0 Å². The second kappa shape index (κ2) is 5.42. The Kier molecular flexibility index (Phi) is 3.85. The highest BCUT2D eigenvalue weighted by Crippen LogP contribution is 2.19. The molecular weight excluding hydrogens is 278 g/mol. The Hall–Kier alpha value is -2.21. The number of carbonyl (C=O) groups is 1. The van der Waals surface area contributed by atoms with Crippen LogP contribution in [0.15, 0.2) is 47.5 Å². The average molecular weight is 291 g/mol. The van der Waals surface area contributed by atoms with E-state index in [1.54, 1.807) is 31.2 Å². The smallest absolute Gasteiger partial charge is 0.337 e. The van der Waals surface area contributed by atoms with Crippen molar-refractivity contribution in [2.45, 2.75) is 17.6 Å². The number of aryl methyl sites for hydroxylation is 1. The number of hydrogen-bond acceptors (Lipinski definition) is 4. The highest BCUT2D eigenvalue weighted by molar-refractivity contribution is 7.90. The molecule has 0 radical (unpaired) electrons. The molecule has 0 aliphatic carbocycles. The van der Waals surface area contributed by atoms with Crippen molar-refractivity contribution in [1.82, 2.24) is 4.98 Å². The van der Waals surface area contributed by atoms with Crippen LogP contribution in [0.25, 0.3) is 0 Å². The van der Waals surface area contributed by atoms with Crippen LogP contribution in [0.5, 0.6) is 0 Å². The second-order valence-electron chi connectivity index (χ2n) is 4.37. The molecule has 0 amide bonds. The maximum atomic E-state index is 12.3. The molecule has 2 aromatic rings. The molecule has 0 saturated carbocycles. The van der Waals surface area contributed by atoms with Gasteiger partial charge in [-0.15, -0.1) is 0 Å². The van der Waals surface area contributed by atoms with E-state index < -0.39 is 15.8 Å². The monoisotopic (exact) mass is 291 g/mol. The molecule has 0 aliphatic rings. The Morgan fingerprint density at radius 2 is 1.90 bits per heavy atom. The zero-order valence-electron chi connectivity index (χ0n) is 10.8. The molecule has 1 heterocycles. The first-order valence-corrected chi connectivity index (χ1v) is 7.52. The van der Waals surface area contributed by atoms with Crippen molar-refractivity contribution < 1.29 is 18.3 Å². The summed E-state index contributed by atoms with van der Waals surface area (Å²) in [6.45, 7) is 1.73. The first-order valence-electron chi connectivity index (χ1n) is 5.87. The summed E-state index contributed by atoms with van der Waals surface area (Å²) in [7, 11) is -3.49. The molecule has 0 unspecified atom stereocenters. The summed E-state index contributed by atoms with van der Waals surface area (Å²) in [5.74, 6) is -1.34. The number of sulfone groups is 1. The van der Waals surface area contributed by atoms with E-state index >= 15 is 0 Å². The number of aromatic carboxylic acids is 1. The number of benzene rings is 1. The van der Waals surface area contributed by atoms with Gasteiger partial charge in [0.1, 0.15) is 0 Å². The Labute approximate surface area is 116 Å². The fourth-order valence-corrected chi connectivity index (χ4v) is 3.37. The first kappa shape index (κ1) is 14.2. The molecule has 104 valence electrons. The van der Waals surface area contributed by atoms with Crippen molar-refractivity contribution in [3.05, 3.63) is 59.4 Å². The van der Waals surface area contributed by atoms with Crippen molar-refractivity contribution in [2.24, 2.45) is 0 Å². The van der Waals surface area contributed by atoms with E-state index in [1.807, 2.05) is 0 Å². The van der Waals surface area contributed by atoms with E-state index in [1.165, 1.54) is 12.1 Å². The zero-order valence-corrected chi connectivity index (χ0v) is 11.6. The number of carboxylic acid groups (broad SMARTS) is 1. The van der Waals surface area contributed by atoms with Gasteiger partial charge in [-0.1, -0.05) is 18.2 Å². The molecule has 0 atom stereocenters. The Bertz CT molecular complexity index is 736. The largest absolute Gasteiger partial charge is 0.478 e. The third-order valence-corrected chi connectivity index (χ3v) is 4.64. The van der Waals surface area contributed by atoms with Crippen molar-refractivity contribution in [1.29, 1.82) is 0 Å². The van der Waals surface area contributed by atoms with E-state index in [9.17, 15) is 13.2 Å². The van der Waals surface area contributed by atoms with Crippen LogP contribution in [0.2, 0.25) is 0 Å². The van der Waals surface area contributed by atoms with Gasteiger partial charge in [0, 0.05) is 6.20 Å². The van der Waals surface area contributed by atoms with E-state index in [4.69, 9.17) is 5.11 Å². The number of aromatic nitrogens is 1. The van der Waals surface area contributed by atoms with Crippen molar-refractivity contribution in [2.75, 3.05) is 0 Å². The first-order chi connectivity index (χ1) is 9.40. The van der Waals surface area contributed by atoms with Gasteiger partial charge in [0.25, 0.3) is 0 Å². The highest BCUT2D eigenvalue weighted by Gasteiger charge is 2.18. The van der Waals surface area contributed by atoms with Gasteiger partial charge in [0.05, 0.1) is 21.9 Å². The number of rotatable bonds is 4. The summed E-state index contributed by atoms with van der Waals surface area (Å²) in [4.78, 5) is 14.9. The molecule has 0 fully saturated rings. The normalized spacial score (nSPS) is 11.2. The number of nitrogens with zero attached hydrogens (tertiary/aromatic N) is 1. The standard InChI is InChI=1S/C14H13NO4S/c1-10-4-2-3-5-13(10)20(18,19)9-12-7-6-11(8-15-12)14(16)17/h2-8H,9H2,1H3,(H,16,17). The molecule has 2 rings (SSSR count). The fourth-order valence-electron chi connectivity index (χ4n) is 1.81. The van der Waals surface area contributed by atoms with Gasteiger partial charge in [0.2, 0.25) is 0 Å². The van der Waals surface area contributed by atoms with Crippen LogP contribution in [-0.4, -0.2) is 24.5 Å². The van der Waals surface area contributed by atoms with Gasteiger partial charge in [-0.05, 0) is 30.7 Å². The van der Waals surface area contributed by atoms with Gasteiger partial charge in [-0.2, -0.15) is 0 Å². The van der Waals surface area contributed by atoms with Crippen LogP contribution in [0.4, 0.5) is 0 Å². The SMILES string of the molecule is Cc1ccccc1S(=O)(=O)Cc1ccc(C(=O)O)cn1. The molecule has 1 aromatic carbocycles. The summed E-state index contributed by atoms with van der Waals surface area (Å²) in [5, 5.41) is 8.76. The van der Waals surface area contributed by atoms with Crippen LogP contribution >= 0.6 is 0 Å². The van der Waals surface area contributed by atoms with Gasteiger partial charge < -0.3 is 5.11 Å². The van der Waals surface area contributed by atoms with E-state index in [0.717, 1.165) is 6.20 Å². The molecule has 0 spiro atoms. The molecule has 5 nitrogen and oxygen atoms in total.